The Morgan fingerprint density at radius 1 is 1.05 bits per heavy atom. The fourth-order valence-corrected chi connectivity index (χ4v) is 3.27. The molecule has 1 saturated heterocycles. The van der Waals surface area contributed by atoms with Gasteiger partial charge in [-0.3, -0.25) is 0 Å². The molecule has 0 unspecified atom stereocenters. The Hall–Kier alpha value is -1.36. The third-order valence-corrected chi connectivity index (χ3v) is 4.85. The second kappa shape index (κ2) is 6.60. The van der Waals surface area contributed by atoms with Gasteiger partial charge in [0.05, 0.1) is 18.1 Å². The van der Waals surface area contributed by atoms with Crippen molar-refractivity contribution < 1.29 is 0 Å². The van der Waals surface area contributed by atoms with E-state index in [0.717, 1.165) is 56.3 Å². The summed E-state index contributed by atoms with van der Waals surface area (Å²) < 4.78 is 0. The molecule has 1 aromatic heterocycles. The van der Waals surface area contributed by atoms with Crippen molar-refractivity contribution in [3.8, 4) is 0 Å². The van der Waals surface area contributed by atoms with Crippen molar-refractivity contribution in [1.82, 2.24) is 9.97 Å². The van der Waals surface area contributed by atoms with Crippen LogP contribution in [0.2, 0.25) is 0 Å². The van der Waals surface area contributed by atoms with Gasteiger partial charge in [-0.2, -0.15) is 0 Å². The minimum atomic E-state index is 0.392. The van der Waals surface area contributed by atoms with Crippen molar-refractivity contribution in [3.05, 3.63) is 12.4 Å². The van der Waals surface area contributed by atoms with Crippen LogP contribution in [-0.2, 0) is 0 Å². The highest BCUT2D eigenvalue weighted by Crippen LogP contribution is 2.22. The maximum absolute atomic E-state index is 5.94. The number of nitrogens with one attached hydrogen (secondary N) is 1. The standard InChI is InChI=1S/C16H27N5/c1-12-6-8-21(9-7-12)16-18-10-15(11-19-16)20-14-4-2-13(17)3-5-14/h10-14,20H,2-9,17H2,1H3. The summed E-state index contributed by atoms with van der Waals surface area (Å²) in [6.45, 7) is 4.48. The average molecular weight is 289 g/mol. The lowest BCUT2D eigenvalue weighted by Crippen LogP contribution is -2.34. The van der Waals surface area contributed by atoms with E-state index in [9.17, 15) is 0 Å². The van der Waals surface area contributed by atoms with Gasteiger partial charge in [0.1, 0.15) is 0 Å². The third-order valence-electron chi connectivity index (χ3n) is 4.85. The summed E-state index contributed by atoms with van der Waals surface area (Å²) in [5.41, 5.74) is 6.98. The molecule has 1 aromatic rings. The molecule has 0 bridgehead atoms. The molecule has 1 aliphatic carbocycles. The van der Waals surface area contributed by atoms with Gasteiger partial charge in [-0.1, -0.05) is 6.92 Å². The van der Waals surface area contributed by atoms with E-state index >= 15 is 0 Å². The van der Waals surface area contributed by atoms with Gasteiger partial charge in [0.15, 0.2) is 0 Å². The van der Waals surface area contributed by atoms with Crippen LogP contribution in [0.3, 0.4) is 0 Å². The molecule has 0 spiro atoms. The first-order chi connectivity index (χ1) is 10.2. The van der Waals surface area contributed by atoms with Gasteiger partial charge in [-0.05, 0) is 44.4 Å². The van der Waals surface area contributed by atoms with E-state index in [0.29, 0.717) is 12.1 Å². The lowest BCUT2D eigenvalue weighted by molar-refractivity contribution is 0.411. The second-order valence-corrected chi connectivity index (χ2v) is 6.70. The molecule has 21 heavy (non-hydrogen) atoms. The first-order valence-corrected chi connectivity index (χ1v) is 8.30. The molecule has 2 fully saturated rings. The van der Waals surface area contributed by atoms with Crippen LogP contribution in [0.1, 0.15) is 45.4 Å². The number of hydrogen-bond donors (Lipinski definition) is 2. The normalized spacial score (nSPS) is 27.6. The highest BCUT2D eigenvalue weighted by atomic mass is 15.3. The molecule has 3 N–H and O–H groups in total. The van der Waals surface area contributed by atoms with Crippen molar-refractivity contribution in [2.24, 2.45) is 11.7 Å². The molecule has 3 rings (SSSR count). The Morgan fingerprint density at radius 2 is 1.67 bits per heavy atom. The lowest BCUT2D eigenvalue weighted by Gasteiger charge is -2.30. The third kappa shape index (κ3) is 3.84. The van der Waals surface area contributed by atoms with Crippen molar-refractivity contribution in [2.75, 3.05) is 23.3 Å². The number of rotatable bonds is 3. The van der Waals surface area contributed by atoms with Gasteiger partial charge in [-0.15, -0.1) is 0 Å². The lowest BCUT2D eigenvalue weighted by atomic mass is 9.92. The maximum atomic E-state index is 5.94. The SMILES string of the molecule is CC1CCN(c2ncc(NC3CCC(N)CC3)cn2)CC1. The molecule has 116 valence electrons. The summed E-state index contributed by atoms with van der Waals surface area (Å²) in [5, 5.41) is 3.54. The number of nitrogens with two attached hydrogens (primary N) is 1. The molecule has 2 aliphatic rings. The van der Waals surface area contributed by atoms with Crippen LogP contribution >= 0.6 is 0 Å². The van der Waals surface area contributed by atoms with E-state index in [-0.39, 0.29) is 0 Å². The molecule has 5 nitrogen and oxygen atoms in total. The Morgan fingerprint density at radius 3 is 2.29 bits per heavy atom. The van der Waals surface area contributed by atoms with Crippen molar-refractivity contribution >= 4 is 11.6 Å². The number of hydrogen-bond acceptors (Lipinski definition) is 5. The Labute approximate surface area is 127 Å². The van der Waals surface area contributed by atoms with E-state index < -0.39 is 0 Å². The molecule has 1 aliphatic heterocycles. The second-order valence-electron chi connectivity index (χ2n) is 6.70. The van der Waals surface area contributed by atoms with Crippen LogP contribution in [0.25, 0.3) is 0 Å². The fraction of sp³-hybridized carbons (Fsp3) is 0.750. The molecule has 5 heteroatoms. The van der Waals surface area contributed by atoms with Crippen molar-refractivity contribution in [1.29, 1.82) is 0 Å². The Balaban J connectivity index is 1.54. The summed E-state index contributed by atoms with van der Waals surface area (Å²) in [5.74, 6) is 1.71. The quantitative estimate of drug-likeness (QED) is 0.894. The van der Waals surface area contributed by atoms with E-state index in [2.05, 4.69) is 27.1 Å². The Kier molecular flexibility index (Phi) is 4.58. The monoisotopic (exact) mass is 289 g/mol. The minimum Gasteiger partial charge on any atom is -0.380 e. The predicted molar refractivity (Wildman–Crippen MR) is 86.5 cm³/mol. The summed E-state index contributed by atoms with van der Waals surface area (Å²) in [6, 6.07) is 0.915. The van der Waals surface area contributed by atoms with Crippen molar-refractivity contribution in [3.63, 3.8) is 0 Å². The van der Waals surface area contributed by atoms with E-state index in [1.165, 1.54) is 12.8 Å². The summed E-state index contributed by atoms with van der Waals surface area (Å²) >= 11 is 0. The van der Waals surface area contributed by atoms with Gasteiger partial charge < -0.3 is 16.0 Å². The summed E-state index contributed by atoms with van der Waals surface area (Å²) in [7, 11) is 0. The number of nitrogens with zero attached hydrogens (tertiary/aromatic N) is 3. The summed E-state index contributed by atoms with van der Waals surface area (Å²) in [6.07, 6.45) is 10.9. The predicted octanol–water partition coefficient (Wildman–Crippen LogP) is 2.39. The zero-order valence-electron chi connectivity index (χ0n) is 13.0. The smallest absolute Gasteiger partial charge is 0.225 e. The topological polar surface area (TPSA) is 67.1 Å². The molecule has 0 aromatic carbocycles. The zero-order chi connectivity index (χ0) is 14.7. The fourth-order valence-electron chi connectivity index (χ4n) is 3.27. The van der Waals surface area contributed by atoms with Crippen LogP contribution in [0.15, 0.2) is 12.4 Å². The van der Waals surface area contributed by atoms with Crippen LogP contribution in [-0.4, -0.2) is 35.1 Å². The zero-order valence-corrected chi connectivity index (χ0v) is 13.0. The Bertz CT molecular complexity index is 430. The van der Waals surface area contributed by atoms with Crippen LogP contribution < -0.4 is 16.0 Å². The maximum Gasteiger partial charge on any atom is 0.225 e. The highest BCUT2D eigenvalue weighted by Gasteiger charge is 2.20. The van der Waals surface area contributed by atoms with Crippen LogP contribution in [0.4, 0.5) is 11.6 Å². The van der Waals surface area contributed by atoms with Crippen LogP contribution in [0, 0.1) is 5.92 Å². The average Bonchev–Trinajstić information content (AvgIpc) is 2.51. The molecule has 1 saturated carbocycles. The minimum absolute atomic E-state index is 0.392. The molecular weight excluding hydrogens is 262 g/mol. The summed E-state index contributed by atoms with van der Waals surface area (Å²) in [4.78, 5) is 11.4. The van der Waals surface area contributed by atoms with Crippen molar-refractivity contribution in [2.45, 2.75) is 57.5 Å². The van der Waals surface area contributed by atoms with Gasteiger partial charge >= 0.3 is 0 Å². The van der Waals surface area contributed by atoms with E-state index in [1.807, 2.05) is 12.4 Å². The molecule has 2 heterocycles. The van der Waals surface area contributed by atoms with Gasteiger partial charge in [-0.25, -0.2) is 9.97 Å². The van der Waals surface area contributed by atoms with Crippen LogP contribution in [0.5, 0.6) is 0 Å². The van der Waals surface area contributed by atoms with E-state index in [1.54, 1.807) is 0 Å². The molecule has 0 amide bonds. The molecule has 0 atom stereocenters. The first-order valence-electron chi connectivity index (χ1n) is 8.30. The van der Waals surface area contributed by atoms with Gasteiger partial charge in [0.25, 0.3) is 0 Å². The molecule has 0 radical (unpaired) electrons. The largest absolute Gasteiger partial charge is 0.380 e. The van der Waals surface area contributed by atoms with Gasteiger partial charge in [0, 0.05) is 25.2 Å². The number of anilines is 2. The first kappa shape index (κ1) is 14.6. The number of aromatic nitrogens is 2. The van der Waals surface area contributed by atoms with Gasteiger partial charge in [0.2, 0.25) is 5.95 Å². The van der Waals surface area contributed by atoms with E-state index in [4.69, 9.17) is 5.73 Å². The number of piperidine rings is 1. The highest BCUT2D eigenvalue weighted by molar-refractivity contribution is 5.43. The molecular formula is C16H27N5.